The van der Waals surface area contributed by atoms with Crippen LogP contribution < -0.4 is 19.1 Å². The Morgan fingerprint density at radius 2 is 1.55 bits per heavy atom. The Kier molecular flexibility index (Phi) is 5.83. The number of aliphatic hydroxyl groups is 1. The third kappa shape index (κ3) is 3.69. The monoisotopic (exact) mass is 449 g/mol. The molecule has 2 heterocycles. The molecular formula is C25H23NO7. The lowest BCUT2D eigenvalue weighted by atomic mass is 9.98. The molecule has 1 N–H and O–H groups in total. The molecule has 4 rings (SSSR count). The largest absolute Gasteiger partial charge is 0.506 e. The zero-order valence-corrected chi connectivity index (χ0v) is 18.6. The van der Waals surface area contributed by atoms with Gasteiger partial charge in [0.15, 0.2) is 0 Å². The van der Waals surface area contributed by atoms with Gasteiger partial charge in [0.2, 0.25) is 0 Å². The highest BCUT2D eigenvalue weighted by atomic mass is 16.5. The maximum absolute atomic E-state index is 13.3. The predicted molar refractivity (Wildman–Crippen MR) is 121 cm³/mol. The number of aryl methyl sites for hydroxylation is 1. The van der Waals surface area contributed by atoms with Gasteiger partial charge in [-0.05, 0) is 55.5 Å². The van der Waals surface area contributed by atoms with Crippen LogP contribution in [0.5, 0.6) is 17.2 Å². The van der Waals surface area contributed by atoms with E-state index in [1.54, 1.807) is 61.5 Å². The molecule has 1 aliphatic heterocycles. The number of nitrogens with zero attached hydrogens (tertiary/aromatic N) is 1. The summed E-state index contributed by atoms with van der Waals surface area (Å²) in [6.45, 7) is 1.76. The number of benzene rings is 2. The van der Waals surface area contributed by atoms with Gasteiger partial charge < -0.3 is 23.7 Å². The number of ether oxygens (including phenoxy) is 3. The molecule has 1 fully saturated rings. The van der Waals surface area contributed by atoms with Gasteiger partial charge in [0, 0.05) is 5.69 Å². The normalized spacial score (nSPS) is 17.3. The number of aliphatic hydroxyl groups excluding tert-OH is 1. The molecule has 1 amide bonds. The molecule has 33 heavy (non-hydrogen) atoms. The summed E-state index contributed by atoms with van der Waals surface area (Å²) < 4.78 is 21.8. The first kappa shape index (κ1) is 22.0. The van der Waals surface area contributed by atoms with Gasteiger partial charge in [-0.15, -0.1) is 0 Å². The van der Waals surface area contributed by atoms with Crippen molar-refractivity contribution in [3.05, 3.63) is 77.3 Å². The molecule has 1 saturated heterocycles. The molecule has 3 aromatic rings. The van der Waals surface area contributed by atoms with Crippen molar-refractivity contribution in [2.45, 2.75) is 13.0 Å². The Morgan fingerprint density at radius 3 is 2.06 bits per heavy atom. The summed E-state index contributed by atoms with van der Waals surface area (Å²) in [5.41, 5.74) is 0.486. The second kappa shape index (κ2) is 8.74. The fourth-order valence-electron chi connectivity index (χ4n) is 3.93. The second-order valence-corrected chi connectivity index (χ2v) is 7.35. The van der Waals surface area contributed by atoms with Gasteiger partial charge in [0.25, 0.3) is 11.7 Å². The van der Waals surface area contributed by atoms with E-state index < -0.39 is 23.5 Å². The predicted octanol–water partition coefficient (Wildman–Crippen LogP) is 4.24. The van der Waals surface area contributed by atoms with Crippen LogP contribution in [0.1, 0.15) is 23.1 Å². The number of ketones is 1. The second-order valence-electron chi connectivity index (χ2n) is 7.35. The maximum atomic E-state index is 13.3. The summed E-state index contributed by atoms with van der Waals surface area (Å²) in [4.78, 5) is 27.8. The zero-order chi connectivity index (χ0) is 23.7. The molecule has 1 aromatic heterocycles. The SMILES string of the molecule is COc1ccc(N2C(=O)C(=O)/C(=C(/O)c3c(OC)cccc3OC)C2c2ccc(C)o2)cc1. The van der Waals surface area contributed by atoms with Crippen molar-refractivity contribution in [3.63, 3.8) is 0 Å². The van der Waals surface area contributed by atoms with E-state index in [9.17, 15) is 14.7 Å². The van der Waals surface area contributed by atoms with Crippen molar-refractivity contribution in [3.8, 4) is 17.2 Å². The number of Topliss-reactive ketones (excluding diaryl/α,β-unsaturated/α-hetero) is 1. The summed E-state index contributed by atoms with van der Waals surface area (Å²) in [6.07, 6.45) is 0. The van der Waals surface area contributed by atoms with E-state index >= 15 is 0 Å². The number of hydrogen-bond donors (Lipinski definition) is 1. The molecule has 1 aliphatic rings. The summed E-state index contributed by atoms with van der Waals surface area (Å²) in [7, 11) is 4.41. The lowest BCUT2D eigenvalue weighted by molar-refractivity contribution is -0.132. The van der Waals surface area contributed by atoms with E-state index in [2.05, 4.69) is 0 Å². The van der Waals surface area contributed by atoms with E-state index in [-0.39, 0.29) is 22.6 Å². The molecule has 8 nitrogen and oxygen atoms in total. The molecule has 0 radical (unpaired) electrons. The fourth-order valence-corrected chi connectivity index (χ4v) is 3.93. The number of anilines is 1. The third-order valence-corrected chi connectivity index (χ3v) is 5.49. The molecule has 8 heteroatoms. The first-order chi connectivity index (χ1) is 15.9. The molecular weight excluding hydrogens is 426 g/mol. The number of carbonyl (C=O) groups excluding carboxylic acids is 2. The van der Waals surface area contributed by atoms with E-state index in [1.165, 1.54) is 26.2 Å². The van der Waals surface area contributed by atoms with Gasteiger partial charge in [0.05, 0.1) is 26.9 Å². The van der Waals surface area contributed by atoms with Gasteiger partial charge in [-0.2, -0.15) is 0 Å². The van der Waals surface area contributed by atoms with Gasteiger partial charge >= 0.3 is 0 Å². The molecule has 1 atom stereocenters. The van der Waals surface area contributed by atoms with Crippen molar-refractivity contribution in [2.75, 3.05) is 26.2 Å². The van der Waals surface area contributed by atoms with Crippen LogP contribution in [0.4, 0.5) is 5.69 Å². The number of furan rings is 1. The van der Waals surface area contributed by atoms with Crippen LogP contribution in [0.15, 0.2) is 64.6 Å². The highest BCUT2D eigenvalue weighted by molar-refractivity contribution is 6.51. The first-order valence-corrected chi connectivity index (χ1v) is 10.1. The zero-order valence-electron chi connectivity index (χ0n) is 18.6. The van der Waals surface area contributed by atoms with Crippen LogP contribution in [0.2, 0.25) is 0 Å². The van der Waals surface area contributed by atoms with Gasteiger partial charge in [-0.25, -0.2) is 0 Å². The van der Waals surface area contributed by atoms with Gasteiger partial charge in [-0.1, -0.05) is 6.07 Å². The molecule has 1 unspecified atom stereocenters. The Balaban J connectivity index is 1.97. The smallest absolute Gasteiger partial charge is 0.300 e. The Hall–Kier alpha value is -4.20. The molecule has 0 saturated carbocycles. The minimum atomic E-state index is -0.998. The average molecular weight is 449 g/mol. The number of amides is 1. The standard InChI is InChI=1S/C25H23NO7/c1-14-8-13-19(33-14)22-21(23(27)20-17(31-3)6-5-7-18(20)32-4)24(28)25(29)26(22)15-9-11-16(30-2)12-10-15/h5-13,22,27H,1-4H3/b23-21+. The minimum Gasteiger partial charge on any atom is -0.506 e. The third-order valence-electron chi connectivity index (χ3n) is 5.49. The Labute approximate surface area is 190 Å². The van der Waals surface area contributed by atoms with Gasteiger partial charge in [-0.3, -0.25) is 14.5 Å². The molecule has 0 spiro atoms. The minimum absolute atomic E-state index is 0.132. The number of methoxy groups -OCH3 is 3. The number of hydrogen-bond acceptors (Lipinski definition) is 7. The Morgan fingerprint density at radius 1 is 0.909 bits per heavy atom. The fraction of sp³-hybridized carbons (Fsp3) is 0.200. The summed E-state index contributed by atoms with van der Waals surface area (Å²) >= 11 is 0. The highest BCUT2D eigenvalue weighted by Crippen LogP contribution is 2.45. The van der Waals surface area contributed by atoms with Crippen molar-refractivity contribution in [2.24, 2.45) is 0 Å². The molecule has 0 bridgehead atoms. The van der Waals surface area contributed by atoms with Crippen LogP contribution in [-0.2, 0) is 9.59 Å². The van der Waals surface area contributed by atoms with Crippen LogP contribution in [-0.4, -0.2) is 38.1 Å². The van der Waals surface area contributed by atoms with E-state index in [1.807, 2.05) is 0 Å². The number of rotatable bonds is 6. The quantitative estimate of drug-likeness (QED) is 0.341. The lowest BCUT2D eigenvalue weighted by Gasteiger charge is -2.24. The van der Waals surface area contributed by atoms with E-state index in [0.29, 0.717) is 23.0 Å². The van der Waals surface area contributed by atoms with Crippen molar-refractivity contribution >= 4 is 23.1 Å². The van der Waals surface area contributed by atoms with Crippen LogP contribution in [0.25, 0.3) is 5.76 Å². The van der Waals surface area contributed by atoms with Crippen LogP contribution in [0.3, 0.4) is 0 Å². The lowest BCUT2D eigenvalue weighted by Crippen LogP contribution is -2.29. The highest BCUT2D eigenvalue weighted by Gasteiger charge is 2.49. The van der Waals surface area contributed by atoms with Gasteiger partial charge in [0.1, 0.15) is 46.1 Å². The number of carbonyl (C=O) groups is 2. The van der Waals surface area contributed by atoms with Crippen LogP contribution in [0, 0.1) is 6.92 Å². The maximum Gasteiger partial charge on any atom is 0.300 e. The van der Waals surface area contributed by atoms with E-state index in [0.717, 1.165) is 0 Å². The van der Waals surface area contributed by atoms with E-state index in [4.69, 9.17) is 18.6 Å². The molecule has 170 valence electrons. The van der Waals surface area contributed by atoms with Crippen LogP contribution >= 0.6 is 0 Å². The summed E-state index contributed by atoms with van der Waals surface area (Å²) in [5, 5.41) is 11.4. The first-order valence-electron chi connectivity index (χ1n) is 10.1. The van der Waals surface area contributed by atoms with Crippen molar-refractivity contribution < 1.29 is 33.3 Å². The summed E-state index contributed by atoms with van der Waals surface area (Å²) in [5.74, 6) is 0.0361. The summed E-state index contributed by atoms with van der Waals surface area (Å²) in [6, 6.07) is 14.0. The average Bonchev–Trinajstić information content (AvgIpc) is 3.38. The topological polar surface area (TPSA) is 98.4 Å². The Bertz CT molecular complexity index is 1220. The van der Waals surface area contributed by atoms with Crippen molar-refractivity contribution in [1.82, 2.24) is 0 Å². The molecule has 0 aliphatic carbocycles. The molecule has 2 aromatic carbocycles. The van der Waals surface area contributed by atoms with Crippen molar-refractivity contribution in [1.29, 1.82) is 0 Å².